The number of ether oxygens (including phenoxy) is 2. The van der Waals surface area contributed by atoms with Gasteiger partial charge in [0.1, 0.15) is 17.9 Å². The van der Waals surface area contributed by atoms with Crippen LogP contribution in [-0.4, -0.2) is 45.7 Å². The zero-order valence-electron chi connectivity index (χ0n) is 13.5. The van der Waals surface area contributed by atoms with Gasteiger partial charge in [0.2, 0.25) is 5.88 Å². The van der Waals surface area contributed by atoms with Crippen LogP contribution in [0.25, 0.3) is 0 Å². The summed E-state index contributed by atoms with van der Waals surface area (Å²) in [5.41, 5.74) is -0.624. The summed E-state index contributed by atoms with van der Waals surface area (Å²) in [6.07, 6.45) is 2.19. The van der Waals surface area contributed by atoms with Crippen molar-refractivity contribution in [2.75, 3.05) is 13.1 Å². The van der Waals surface area contributed by atoms with Crippen molar-refractivity contribution in [1.82, 2.24) is 9.88 Å². The van der Waals surface area contributed by atoms with Crippen LogP contribution in [0.15, 0.2) is 18.3 Å². The third kappa shape index (κ3) is 5.08. The quantitative estimate of drug-likeness (QED) is 0.627. The van der Waals surface area contributed by atoms with Crippen LogP contribution in [0.4, 0.5) is 10.5 Å². The zero-order chi connectivity index (χ0) is 17.0. The van der Waals surface area contributed by atoms with Crippen LogP contribution in [-0.2, 0) is 4.74 Å². The first-order valence-corrected chi connectivity index (χ1v) is 7.49. The molecule has 0 bridgehead atoms. The Morgan fingerprint density at radius 2 is 2.17 bits per heavy atom. The first kappa shape index (κ1) is 17.0. The van der Waals surface area contributed by atoms with Gasteiger partial charge in [-0.1, -0.05) is 0 Å². The second-order valence-electron chi connectivity index (χ2n) is 6.42. The Labute approximate surface area is 134 Å². The molecule has 8 nitrogen and oxygen atoms in total. The molecule has 1 atom stereocenters. The van der Waals surface area contributed by atoms with Gasteiger partial charge < -0.3 is 14.4 Å². The maximum atomic E-state index is 12.1. The van der Waals surface area contributed by atoms with Crippen LogP contribution in [0.2, 0.25) is 0 Å². The Bertz CT molecular complexity index is 567. The van der Waals surface area contributed by atoms with Gasteiger partial charge in [-0.25, -0.2) is 9.78 Å². The molecule has 1 aromatic heterocycles. The molecule has 0 N–H and O–H groups in total. The van der Waals surface area contributed by atoms with Crippen molar-refractivity contribution in [3.63, 3.8) is 0 Å². The van der Waals surface area contributed by atoms with Crippen molar-refractivity contribution in [3.8, 4) is 5.88 Å². The van der Waals surface area contributed by atoms with E-state index in [9.17, 15) is 14.9 Å². The summed E-state index contributed by atoms with van der Waals surface area (Å²) >= 11 is 0. The molecule has 1 amide bonds. The molecule has 1 aromatic rings. The molecular weight excluding hydrogens is 302 g/mol. The maximum absolute atomic E-state index is 12.1. The van der Waals surface area contributed by atoms with E-state index in [0.29, 0.717) is 19.0 Å². The molecule has 1 unspecified atom stereocenters. The SMILES string of the molecule is CC(C)(C)OC(=O)N1CCCC(Oc2ccc([N+](=O)[O-])cn2)C1. The summed E-state index contributed by atoms with van der Waals surface area (Å²) in [5.74, 6) is 0.312. The average molecular weight is 323 g/mol. The smallest absolute Gasteiger partial charge is 0.410 e. The van der Waals surface area contributed by atoms with Gasteiger partial charge in [0.05, 0.1) is 11.5 Å². The zero-order valence-corrected chi connectivity index (χ0v) is 13.5. The number of carbonyl (C=O) groups is 1. The van der Waals surface area contributed by atoms with Crippen molar-refractivity contribution in [1.29, 1.82) is 0 Å². The highest BCUT2D eigenvalue weighted by Gasteiger charge is 2.28. The summed E-state index contributed by atoms with van der Waals surface area (Å²) < 4.78 is 11.1. The molecule has 1 aliphatic rings. The van der Waals surface area contributed by atoms with Crippen molar-refractivity contribution in [2.45, 2.75) is 45.3 Å². The number of hydrogen-bond donors (Lipinski definition) is 0. The number of nitrogens with zero attached hydrogens (tertiary/aromatic N) is 3. The number of pyridine rings is 1. The molecule has 0 radical (unpaired) electrons. The fraction of sp³-hybridized carbons (Fsp3) is 0.600. The summed E-state index contributed by atoms with van der Waals surface area (Å²) in [4.78, 5) is 27.7. The van der Waals surface area contributed by atoms with Crippen LogP contribution < -0.4 is 4.74 Å². The number of piperidine rings is 1. The number of likely N-dealkylation sites (tertiary alicyclic amines) is 1. The number of carbonyl (C=O) groups excluding carboxylic acids is 1. The predicted octanol–water partition coefficient (Wildman–Crippen LogP) is 2.77. The van der Waals surface area contributed by atoms with Crippen LogP contribution in [0.1, 0.15) is 33.6 Å². The number of aromatic nitrogens is 1. The topological polar surface area (TPSA) is 94.8 Å². The van der Waals surface area contributed by atoms with Crippen molar-refractivity contribution in [2.24, 2.45) is 0 Å². The highest BCUT2D eigenvalue weighted by atomic mass is 16.6. The van der Waals surface area contributed by atoms with E-state index in [0.717, 1.165) is 19.0 Å². The van der Waals surface area contributed by atoms with E-state index in [1.54, 1.807) is 4.90 Å². The molecule has 8 heteroatoms. The van der Waals surface area contributed by atoms with Gasteiger partial charge in [-0.15, -0.1) is 0 Å². The van der Waals surface area contributed by atoms with Crippen molar-refractivity contribution < 1.29 is 19.2 Å². The molecule has 0 aliphatic carbocycles. The van der Waals surface area contributed by atoms with Gasteiger partial charge in [-0.2, -0.15) is 0 Å². The van der Waals surface area contributed by atoms with Crippen molar-refractivity contribution in [3.05, 3.63) is 28.4 Å². The number of amides is 1. The third-order valence-corrected chi connectivity index (χ3v) is 3.25. The molecule has 1 aliphatic heterocycles. The first-order valence-electron chi connectivity index (χ1n) is 7.49. The molecular formula is C15H21N3O5. The minimum Gasteiger partial charge on any atom is -0.472 e. The normalized spacial score (nSPS) is 18.4. The highest BCUT2D eigenvalue weighted by Crippen LogP contribution is 2.20. The number of nitro groups is 1. The van der Waals surface area contributed by atoms with E-state index in [1.807, 2.05) is 20.8 Å². The van der Waals surface area contributed by atoms with Crippen molar-refractivity contribution >= 4 is 11.8 Å². The van der Waals surface area contributed by atoms with Gasteiger partial charge in [-0.3, -0.25) is 10.1 Å². The summed E-state index contributed by atoms with van der Waals surface area (Å²) in [7, 11) is 0. The Kier molecular flexibility index (Phi) is 5.02. The van der Waals surface area contributed by atoms with E-state index in [2.05, 4.69) is 4.98 Å². The molecule has 1 saturated heterocycles. The summed E-state index contributed by atoms with van der Waals surface area (Å²) in [6, 6.07) is 2.81. The van der Waals surface area contributed by atoms with E-state index in [-0.39, 0.29) is 17.9 Å². The van der Waals surface area contributed by atoms with Gasteiger partial charge in [0, 0.05) is 18.7 Å². The van der Waals surface area contributed by atoms with E-state index >= 15 is 0 Å². The van der Waals surface area contributed by atoms with Crippen LogP contribution >= 0.6 is 0 Å². The number of rotatable bonds is 3. The van der Waals surface area contributed by atoms with Crippen LogP contribution in [0.3, 0.4) is 0 Å². The summed E-state index contributed by atoms with van der Waals surface area (Å²) in [5, 5.41) is 10.6. The monoisotopic (exact) mass is 323 g/mol. The predicted molar refractivity (Wildman–Crippen MR) is 82.3 cm³/mol. The van der Waals surface area contributed by atoms with E-state index in [1.165, 1.54) is 12.1 Å². The standard InChI is InChI=1S/C15H21N3O5/c1-15(2,3)23-14(19)17-8-4-5-12(10-17)22-13-7-6-11(9-16-13)18(20)21/h6-7,9,12H,4-5,8,10H2,1-3H3. The molecule has 0 saturated carbocycles. The number of hydrogen-bond acceptors (Lipinski definition) is 6. The lowest BCUT2D eigenvalue weighted by atomic mass is 10.1. The minimum atomic E-state index is -0.537. The molecule has 2 rings (SSSR count). The lowest BCUT2D eigenvalue weighted by molar-refractivity contribution is -0.385. The van der Waals surface area contributed by atoms with Gasteiger partial charge >= 0.3 is 6.09 Å². The van der Waals surface area contributed by atoms with Crippen LogP contribution in [0, 0.1) is 10.1 Å². The third-order valence-electron chi connectivity index (χ3n) is 3.25. The second-order valence-corrected chi connectivity index (χ2v) is 6.42. The summed E-state index contributed by atoms with van der Waals surface area (Å²) in [6.45, 7) is 6.51. The molecule has 1 fully saturated rings. The lowest BCUT2D eigenvalue weighted by Crippen LogP contribution is -2.46. The Morgan fingerprint density at radius 1 is 1.43 bits per heavy atom. The Hall–Kier alpha value is -2.38. The molecule has 0 aromatic carbocycles. The van der Waals surface area contributed by atoms with Crippen LogP contribution in [0.5, 0.6) is 5.88 Å². The van der Waals surface area contributed by atoms with Gasteiger partial charge in [0.25, 0.3) is 5.69 Å². The minimum absolute atomic E-state index is 0.0867. The Balaban J connectivity index is 1.93. The maximum Gasteiger partial charge on any atom is 0.410 e. The highest BCUT2D eigenvalue weighted by molar-refractivity contribution is 5.68. The largest absolute Gasteiger partial charge is 0.472 e. The fourth-order valence-electron chi connectivity index (χ4n) is 2.25. The fourth-order valence-corrected chi connectivity index (χ4v) is 2.25. The molecule has 23 heavy (non-hydrogen) atoms. The second kappa shape index (κ2) is 6.80. The molecule has 0 spiro atoms. The lowest BCUT2D eigenvalue weighted by Gasteiger charge is -2.33. The average Bonchev–Trinajstić information content (AvgIpc) is 2.46. The first-order chi connectivity index (χ1) is 10.7. The molecule has 126 valence electrons. The Morgan fingerprint density at radius 3 is 2.74 bits per heavy atom. The van der Waals surface area contributed by atoms with Gasteiger partial charge in [0.15, 0.2) is 0 Å². The van der Waals surface area contributed by atoms with E-state index in [4.69, 9.17) is 9.47 Å². The van der Waals surface area contributed by atoms with E-state index < -0.39 is 10.5 Å². The van der Waals surface area contributed by atoms with Gasteiger partial charge in [-0.05, 0) is 33.6 Å². The molecule has 2 heterocycles.